The highest BCUT2D eigenvalue weighted by atomic mass is 16.4. The molecule has 0 saturated carbocycles. The smallest absolute Gasteiger partial charge is 0.306 e. The summed E-state index contributed by atoms with van der Waals surface area (Å²) in [6, 6.07) is 0. The number of amides is 2. The van der Waals surface area contributed by atoms with E-state index in [4.69, 9.17) is 5.11 Å². The van der Waals surface area contributed by atoms with Gasteiger partial charge >= 0.3 is 5.97 Å². The predicted octanol–water partition coefficient (Wildman–Crippen LogP) is -0.478. The van der Waals surface area contributed by atoms with Crippen molar-refractivity contribution >= 4 is 17.8 Å². The summed E-state index contributed by atoms with van der Waals surface area (Å²) < 4.78 is 0. The fourth-order valence-electron chi connectivity index (χ4n) is 2.84. The molecule has 2 aliphatic rings. The summed E-state index contributed by atoms with van der Waals surface area (Å²) >= 11 is 0. The van der Waals surface area contributed by atoms with Gasteiger partial charge in [-0.1, -0.05) is 0 Å². The molecule has 2 heterocycles. The van der Waals surface area contributed by atoms with E-state index in [1.54, 1.807) is 4.90 Å². The molecule has 0 aromatic rings. The lowest BCUT2D eigenvalue weighted by Crippen LogP contribution is -2.45. The van der Waals surface area contributed by atoms with E-state index in [0.29, 0.717) is 25.9 Å². The van der Waals surface area contributed by atoms with Crippen LogP contribution in [0.5, 0.6) is 0 Å². The van der Waals surface area contributed by atoms with Crippen LogP contribution in [0.3, 0.4) is 0 Å². The largest absolute Gasteiger partial charge is 0.481 e. The lowest BCUT2D eigenvalue weighted by atomic mass is 9.97. The summed E-state index contributed by atoms with van der Waals surface area (Å²) in [7, 11) is 0. The Labute approximate surface area is 124 Å². The molecular weight excluding hydrogens is 274 g/mol. The maximum absolute atomic E-state index is 12.0. The van der Waals surface area contributed by atoms with E-state index in [1.165, 1.54) is 0 Å². The number of likely N-dealkylation sites (tertiary alicyclic amines) is 2. The molecular formula is C14H23N3O4. The molecule has 0 unspecified atom stereocenters. The Kier molecular flexibility index (Phi) is 5.55. The van der Waals surface area contributed by atoms with Gasteiger partial charge in [-0.15, -0.1) is 0 Å². The number of carboxylic acids is 1. The molecule has 0 aliphatic carbocycles. The van der Waals surface area contributed by atoms with Gasteiger partial charge in [-0.2, -0.15) is 0 Å². The van der Waals surface area contributed by atoms with E-state index >= 15 is 0 Å². The molecule has 0 atom stereocenters. The van der Waals surface area contributed by atoms with Gasteiger partial charge in [0.15, 0.2) is 0 Å². The highest BCUT2D eigenvalue weighted by Gasteiger charge is 2.26. The monoisotopic (exact) mass is 297 g/mol. The number of nitrogens with zero attached hydrogens (tertiary/aromatic N) is 2. The van der Waals surface area contributed by atoms with Crippen LogP contribution in [-0.2, 0) is 14.4 Å². The number of rotatable bonds is 5. The van der Waals surface area contributed by atoms with Gasteiger partial charge in [0, 0.05) is 26.2 Å². The van der Waals surface area contributed by atoms with E-state index in [1.807, 2.05) is 4.90 Å². The average molecular weight is 297 g/mol. The number of aliphatic carboxylic acids is 1. The van der Waals surface area contributed by atoms with Crippen molar-refractivity contribution in [1.82, 2.24) is 15.1 Å². The molecule has 0 bridgehead atoms. The summed E-state index contributed by atoms with van der Waals surface area (Å²) in [5.74, 6) is -1.13. The summed E-state index contributed by atoms with van der Waals surface area (Å²) in [4.78, 5) is 38.1. The fraction of sp³-hybridized carbons (Fsp3) is 0.786. The number of nitrogens with one attached hydrogen (secondary N) is 1. The van der Waals surface area contributed by atoms with Gasteiger partial charge in [-0.05, 0) is 25.7 Å². The molecule has 21 heavy (non-hydrogen) atoms. The Balaban J connectivity index is 1.63. The SMILES string of the molecule is O=C(O)C1CCN(C(=O)CNCC(=O)N2CCCC2)CC1. The molecule has 2 saturated heterocycles. The normalized spacial score (nSPS) is 19.8. The van der Waals surface area contributed by atoms with Crippen molar-refractivity contribution in [2.24, 2.45) is 5.92 Å². The highest BCUT2D eigenvalue weighted by molar-refractivity contribution is 5.81. The maximum Gasteiger partial charge on any atom is 0.306 e. The Bertz CT molecular complexity index is 399. The van der Waals surface area contributed by atoms with Crippen LogP contribution in [0, 0.1) is 5.92 Å². The molecule has 0 radical (unpaired) electrons. The standard InChI is InChI=1S/C14H23N3O4/c18-12(16-5-1-2-6-16)9-15-10-13(19)17-7-3-11(4-8-17)14(20)21/h11,15H,1-10H2,(H,20,21). The van der Waals surface area contributed by atoms with Crippen LogP contribution in [-0.4, -0.2) is 72.0 Å². The number of hydrogen-bond donors (Lipinski definition) is 2. The predicted molar refractivity (Wildman–Crippen MR) is 75.6 cm³/mol. The second kappa shape index (κ2) is 7.40. The van der Waals surface area contributed by atoms with Crippen molar-refractivity contribution in [3.63, 3.8) is 0 Å². The molecule has 7 nitrogen and oxygen atoms in total. The van der Waals surface area contributed by atoms with Crippen molar-refractivity contribution in [3.05, 3.63) is 0 Å². The van der Waals surface area contributed by atoms with E-state index in [9.17, 15) is 14.4 Å². The molecule has 2 fully saturated rings. The third kappa shape index (κ3) is 4.42. The first-order valence-corrected chi connectivity index (χ1v) is 7.57. The molecule has 0 aromatic carbocycles. The first-order chi connectivity index (χ1) is 10.1. The lowest BCUT2D eigenvalue weighted by Gasteiger charge is -2.30. The number of carbonyl (C=O) groups excluding carboxylic acids is 2. The fourth-order valence-corrected chi connectivity index (χ4v) is 2.84. The van der Waals surface area contributed by atoms with Crippen molar-refractivity contribution in [2.75, 3.05) is 39.3 Å². The second-order valence-corrected chi connectivity index (χ2v) is 5.68. The molecule has 0 spiro atoms. The molecule has 0 aromatic heterocycles. The summed E-state index contributed by atoms with van der Waals surface area (Å²) in [5, 5.41) is 11.8. The third-order valence-electron chi connectivity index (χ3n) is 4.21. The Hall–Kier alpha value is -1.63. The van der Waals surface area contributed by atoms with Gasteiger partial charge in [0.1, 0.15) is 0 Å². The number of carbonyl (C=O) groups is 3. The van der Waals surface area contributed by atoms with Crippen LogP contribution >= 0.6 is 0 Å². The minimum absolute atomic E-state index is 0.0462. The van der Waals surface area contributed by atoms with Crippen molar-refractivity contribution in [3.8, 4) is 0 Å². The van der Waals surface area contributed by atoms with Crippen LogP contribution in [0.2, 0.25) is 0 Å². The topological polar surface area (TPSA) is 90.0 Å². The van der Waals surface area contributed by atoms with Gasteiger partial charge in [-0.3, -0.25) is 19.7 Å². The Morgan fingerprint density at radius 3 is 1.86 bits per heavy atom. The Morgan fingerprint density at radius 1 is 0.905 bits per heavy atom. The summed E-state index contributed by atoms with van der Waals surface area (Å²) in [6.45, 7) is 2.93. The zero-order chi connectivity index (χ0) is 15.2. The summed E-state index contributed by atoms with van der Waals surface area (Å²) in [5.41, 5.74) is 0. The van der Waals surface area contributed by atoms with Gasteiger partial charge in [0.25, 0.3) is 0 Å². The number of carboxylic acid groups (broad SMARTS) is 1. The molecule has 7 heteroatoms. The van der Waals surface area contributed by atoms with Crippen LogP contribution in [0.4, 0.5) is 0 Å². The molecule has 2 N–H and O–H groups in total. The first kappa shape index (κ1) is 15.8. The zero-order valence-electron chi connectivity index (χ0n) is 12.2. The van der Waals surface area contributed by atoms with Crippen LogP contribution in [0.1, 0.15) is 25.7 Å². The van der Waals surface area contributed by atoms with Crippen molar-refractivity contribution in [1.29, 1.82) is 0 Å². The van der Waals surface area contributed by atoms with Crippen LogP contribution in [0.15, 0.2) is 0 Å². The average Bonchev–Trinajstić information content (AvgIpc) is 3.01. The quantitative estimate of drug-likeness (QED) is 0.715. The molecule has 2 amide bonds. The van der Waals surface area contributed by atoms with Gasteiger partial charge in [0.2, 0.25) is 11.8 Å². The van der Waals surface area contributed by atoms with Crippen molar-refractivity contribution < 1.29 is 19.5 Å². The van der Waals surface area contributed by atoms with E-state index in [0.717, 1.165) is 25.9 Å². The minimum Gasteiger partial charge on any atom is -0.481 e. The summed E-state index contributed by atoms with van der Waals surface area (Å²) in [6.07, 6.45) is 3.13. The van der Waals surface area contributed by atoms with E-state index in [-0.39, 0.29) is 30.8 Å². The Morgan fingerprint density at radius 2 is 1.38 bits per heavy atom. The van der Waals surface area contributed by atoms with Crippen LogP contribution in [0.25, 0.3) is 0 Å². The van der Waals surface area contributed by atoms with Gasteiger partial charge in [0.05, 0.1) is 19.0 Å². The number of hydrogen-bond acceptors (Lipinski definition) is 4. The van der Waals surface area contributed by atoms with E-state index in [2.05, 4.69) is 5.32 Å². The third-order valence-corrected chi connectivity index (χ3v) is 4.21. The molecule has 2 aliphatic heterocycles. The highest BCUT2D eigenvalue weighted by Crippen LogP contribution is 2.17. The van der Waals surface area contributed by atoms with Crippen LogP contribution < -0.4 is 5.32 Å². The van der Waals surface area contributed by atoms with Gasteiger partial charge in [-0.25, -0.2) is 0 Å². The maximum atomic E-state index is 12.0. The molecule has 118 valence electrons. The second-order valence-electron chi connectivity index (χ2n) is 5.68. The van der Waals surface area contributed by atoms with E-state index < -0.39 is 5.97 Å². The zero-order valence-corrected chi connectivity index (χ0v) is 12.2. The lowest BCUT2D eigenvalue weighted by molar-refractivity contribution is -0.145. The minimum atomic E-state index is -0.781. The van der Waals surface area contributed by atoms with Gasteiger partial charge < -0.3 is 14.9 Å². The first-order valence-electron chi connectivity index (χ1n) is 7.57. The van der Waals surface area contributed by atoms with Crippen molar-refractivity contribution in [2.45, 2.75) is 25.7 Å². The number of piperidine rings is 1. The molecule has 2 rings (SSSR count).